The summed E-state index contributed by atoms with van der Waals surface area (Å²) in [6.07, 6.45) is 0.274. The van der Waals surface area contributed by atoms with E-state index in [2.05, 4.69) is 12.6 Å². The molecule has 0 aliphatic rings. The van der Waals surface area contributed by atoms with Crippen molar-refractivity contribution in [3.05, 3.63) is 41.0 Å². The van der Waals surface area contributed by atoms with Gasteiger partial charge in [-0.3, -0.25) is 0 Å². The molecule has 0 saturated heterocycles. The van der Waals surface area contributed by atoms with E-state index in [1.54, 1.807) is 6.92 Å². The number of aryl methyl sites for hydroxylation is 1. The van der Waals surface area contributed by atoms with Gasteiger partial charge in [0.25, 0.3) is 0 Å². The molecule has 0 aliphatic carbocycles. The Labute approximate surface area is 98.6 Å². The number of thiol groups is 1. The van der Waals surface area contributed by atoms with Gasteiger partial charge in [-0.2, -0.15) is 25.8 Å². The fourth-order valence-corrected chi connectivity index (χ4v) is 1.47. The molecule has 0 unspecified atom stereocenters. The first-order chi connectivity index (χ1) is 7.45. The van der Waals surface area contributed by atoms with Gasteiger partial charge in [0.1, 0.15) is 0 Å². The molecule has 0 bridgehead atoms. The number of hydrogen-bond acceptors (Lipinski definition) is 1. The lowest BCUT2D eigenvalue weighted by Gasteiger charge is -2.08. The Bertz CT molecular complexity index is 380. The minimum Gasteiger partial charge on any atom is -0.179 e. The number of benzene rings is 1. The van der Waals surface area contributed by atoms with Crippen molar-refractivity contribution in [3.63, 3.8) is 0 Å². The predicted octanol–water partition coefficient (Wildman–Crippen LogP) is 4.35. The molecule has 16 heavy (non-hydrogen) atoms. The Hall–Kier alpha value is -0.900. The SMILES string of the molecule is Cc1cc(C(F)(F)F)ccc1C=CCCS. The van der Waals surface area contributed by atoms with Crippen LogP contribution in [0.4, 0.5) is 13.2 Å². The topological polar surface area (TPSA) is 0 Å². The van der Waals surface area contributed by atoms with Crippen molar-refractivity contribution < 1.29 is 13.2 Å². The molecule has 0 saturated carbocycles. The highest BCUT2D eigenvalue weighted by atomic mass is 32.1. The van der Waals surface area contributed by atoms with E-state index in [0.29, 0.717) is 5.56 Å². The first-order valence-electron chi connectivity index (χ1n) is 4.90. The number of hydrogen-bond donors (Lipinski definition) is 1. The van der Waals surface area contributed by atoms with Gasteiger partial charge in [-0.05, 0) is 42.4 Å². The molecule has 0 amide bonds. The van der Waals surface area contributed by atoms with Gasteiger partial charge >= 0.3 is 6.18 Å². The van der Waals surface area contributed by atoms with Gasteiger partial charge in [-0.15, -0.1) is 0 Å². The van der Waals surface area contributed by atoms with Crippen LogP contribution >= 0.6 is 12.6 Å². The van der Waals surface area contributed by atoms with Gasteiger partial charge < -0.3 is 0 Å². The molecule has 0 nitrogen and oxygen atoms in total. The van der Waals surface area contributed by atoms with Crippen LogP contribution in [0.2, 0.25) is 0 Å². The Balaban J connectivity index is 2.92. The van der Waals surface area contributed by atoms with E-state index in [1.165, 1.54) is 12.1 Å². The molecular weight excluding hydrogens is 233 g/mol. The monoisotopic (exact) mass is 246 g/mol. The lowest BCUT2D eigenvalue weighted by atomic mass is 10.0. The van der Waals surface area contributed by atoms with Crippen LogP contribution in [-0.2, 0) is 6.18 Å². The average molecular weight is 246 g/mol. The molecule has 0 aromatic heterocycles. The van der Waals surface area contributed by atoms with Crippen LogP contribution in [0.25, 0.3) is 6.08 Å². The normalized spacial score (nSPS) is 12.3. The smallest absolute Gasteiger partial charge is 0.179 e. The molecular formula is C12H13F3S. The van der Waals surface area contributed by atoms with Gasteiger partial charge in [-0.1, -0.05) is 18.2 Å². The zero-order valence-corrected chi connectivity index (χ0v) is 9.78. The summed E-state index contributed by atoms with van der Waals surface area (Å²) in [7, 11) is 0. The number of allylic oxidation sites excluding steroid dienone is 1. The Morgan fingerprint density at radius 3 is 2.50 bits per heavy atom. The van der Waals surface area contributed by atoms with Crippen molar-refractivity contribution in [2.45, 2.75) is 19.5 Å². The maximum Gasteiger partial charge on any atom is 0.416 e. The van der Waals surface area contributed by atoms with E-state index in [4.69, 9.17) is 0 Å². The van der Waals surface area contributed by atoms with E-state index in [1.807, 2.05) is 12.2 Å². The van der Waals surface area contributed by atoms with Crippen LogP contribution in [0.1, 0.15) is 23.1 Å². The average Bonchev–Trinajstić information content (AvgIpc) is 2.19. The van der Waals surface area contributed by atoms with Crippen molar-refractivity contribution in [1.82, 2.24) is 0 Å². The van der Waals surface area contributed by atoms with E-state index < -0.39 is 11.7 Å². The van der Waals surface area contributed by atoms with Gasteiger partial charge in [0, 0.05) is 0 Å². The van der Waals surface area contributed by atoms with Crippen molar-refractivity contribution in [2.75, 3.05) is 5.75 Å². The van der Waals surface area contributed by atoms with Crippen molar-refractivity contribution in [2.24, 2.45) is 0 Å². The summed E-state index contributed by atoms with van der Waals surface area (Å²) >= 11 is 4.05. The lowest BCUT2D eigenvalue weighted by Crippen LogP contribution is -2.05. The second-order valence-electron chi connectivity index (χ2n) is 3.48. The highest BCUT2D eigenvalue weighted by molar-refractivity contribution is 7.80. The van der Waals surface area contributed by atoms with Gasteiger partial charge in [0.15, 0.2) is 0 Å². The Morgan fingerprint density at radius 2 is 2.00 bits per heavy atom. The maximum atomic E-state index is 12.4. The molecule has 1 rings (SSSR count). The fraction of sp³-hybridized carbons (Fsp3) is 0.333. The zero-order chi connectivity index (χ0) is 12.2. The van der Waals surface area contributed by atoms with Crippen LogP contribution in [0.3, 0.4) is 0 Å². The third-order valence-corrected chi connectivity index (χ3v) is 2.45. The molecule has 0 heterocycles. The summed E-state index contributed by atoms with van der Waals surface area (Å²) < 4.78 is 37.1. The second-order valence-corrected chi connectivity index (χ2v) is 3.93. The van der Waals surface area contributed by atoms with Crippen molar-refractivity contribution in [1.29, 1.82) is 0 Å². The van der Waals surface area contributed by atoms with Gasteiger partial charge in [0.05, 0.1) is 5.56 Å². The molecule has 0 N–H and O–H groups in total. The quantitative estimate of drug-likeness (QED) is 0.753. The molecule has 1 aromatic carbocycles. The van der Waals surface area contributed by atoms with E-state index >= 15 is 0 Å². The van der Waals surface area contributed by atoms with Crippen molar-refractivity contribution in [3.8, 4) is 0 Å². The van der Waals surface area contributed by atoms with E-state index in [9.17, 15) is 13.2 Å². The summed E-state index contributed by atoms with van der Waals surface area (Å²) in [5.74, 6) is 0.732. The predicted molar refractivity (Wildman–Crippen MR) is 63.7 cm³/mol. The summed E-state index contributed by atoms with van der Waals surface area (Å²) in [6.45, 7) is 1.68. The first kappa shape index (κ1) is 13.2. The van der Waals surface area contributed by atoms with Crippen LogP contribution in [0.15, 0.2) is 24.3 Å². The molecule has 88 valence electrons. The summed E-state index contributed by atoms with van der Waals surface area (Å²) in [5, 5.41) is 0. The Morgan fingerprint density at radius 1 is 1.31 bits per heavy atom. The molecule has 0 spiro atoms. The molecule has 1 aromatic rings. The molecule has 0 radical (unpaired) electrons. The maximum absolute atomic E-state index is 12.4. The van der Waals surface area contributed by atoms with Crippen LogP contribution in [0.5, 0.6) is 0 Å². The van der Waals surface area contributed by atoms with Crippen LogP contribution in [-0.4, -0.2) is 5.75 Å². The van der Waals surface area contributed by atoms with Gasteiger partial charge in [-0.25, -0.2) is 0 Å². The van der Waals surface area contributed by atoms with E-state index in [-0.39, 0.29) is 0 Å². The summed E-state index contributed by atoms with van der Waals surface area (Å²) in [4.78, 5) is 0. The molecule has 0 atom stereocenters. The number of rotatable bonds is 3. The first-order valence-corrected chi connectivity index (χ1v) is 5.53. The second kappa shape index (κ2) is 5.43. The summed E-state index contributed by atoms with van der Waals surface area (Å²) in [5.41, 5.74) is 0.844. The molecule has 4 heteroatoms. The van der Waals surface area contributed by atoms with Gasteiger partial charge in [0.2, 0.25) is 0 Å². The summed E-state index contributed by atoms with van der Waals surface area (Å²) in [6, 6.07) is 3.76. The van der Waals surface area contributed by atoms with E-state index in [0.717, 1.165) is 23.8 Å². The van der Waals surface area contributed by atoms with Crippen LogP contribution < -0.4 is 0 Å². The lowest BCUT2D eigenvalue weighted by molar-refractivity contribution is -0.137. The molecule has 0 aliphatic heterocycles. The number of halogens is 3. The molecule has 0 fully saturated rings. The van der Waals surface area contributed by atoms with Crippen molar-refractivity contribution >= 4 is 18.7 Å². The largest absolute Gasteiger partial charge is 0.416 e. The third-order valence-electron chi connectivity index (χ3n) is 2.19. The van der Waals surface area contributed by atoms with Crippen LogP contribution in [0, 0.1) is 6.92 Å². The Kier molecular flexibility index (Phi) is 4.47. The third kappa shape index (κ3) is 3.59. The zero-order valence-electron chi connectivity index (χ0n) is 8.88. The number of alkyl halides is 3. The highest BCUT2D eigenvalue weighted by Crippen LogP contribution is 2.30. The highest BCUT2D eigenvalue weighted by Gasteiger charge is 2.30. The fourth-order valence-electron chi connectivity index (χ4n) is 1.32. The minimum atomic E-state index is -4.27. The minimum absolute atomic E-state index is 0.601. The standard InChI is InChI=1S/C12H13F3S/c1-9-8-11(12(13,14)15)6-5-10(9)4-2-3-7-16/h2,4-6,8,16H,3,7H2,1H3.